The van der Waals surface area contributed by atoms with Crippen LogP contribution in [0.3, 0.4) is 0 Å². The zero-order valence-electron chi connectivity index (χ0n) is 19.6. The summed E-state index contributed by atoms with van der Waals surface area (Å²) >= 11 is 7.65. The van der Waals surface area contributed by atoms with Crippen LogP contribution >= 0.6 is 22.9 Å². The number of rotatable bonds is 8. The van der Waals surface area contributed by atoms with Crippen LogP contribution in [0.1, 0.15) is 47.6 Å². The van der Waals surface area contributed by atoms with E-state index in [1.165, 1.54) is 0 Å². The molecule has 2 N–H and O–H groups in total. The van der Waals surface area contributed by atoms with Gasteiger partial charge in [0.25, 0.3) is 0 Å². The number of halogens is 1. The van der Waals surface area contributed by atoms with Crippen LogP contribution in [0.4, 0.5) is 5.82 Å². The maximum absolute atomic E-state index is 13.0. The number of ketones is 1. The Labute approximate surface area is 208 Å². The number of hydrogen-bond donors (Lipinski definition) is 1. The number of nitrogens with zero attached hydrogens (tertiary/aromatic N) is 4. The van der Waals surface area contributed by atoms with Crippen molar-refractivity contribution in [1.29, 1.82) is 0 Å². The number of carbonyl (C=O) groups is 1. The number of hydrogen-bond acceptors (Lipinski definition) is 6. The highest BCUT2D eigenvalue weighted by Gasteiger charge is 2.22. The van der Waals surface area contributed by atoms with Gasteiger partial charge in [0.15, 0.2) is 0 Å². The standard InChI is InChI=1S/C26H28ClN5OS/c1-26(2,3)23-14-20(32(31-23)19-7-5-18(27)6-8-19)13-21(33)15-25-30-16-22(34-25)9-4-17-10-11-29-24(28)12-17/h5-8,10-12,14,16H,4,9,13,15H2,1-3H3,(H2,28,29). The van der Waals surface area contributed by atoms with E-state index < -0.39 is 0 Å². The Morgan fingerprint density at radius 3 is 2.53 bits per heavy atom. The molecule has 4 rings (SSSR count). The highest BCUT2D eigenvalue weighted by molar-refractivity contribution is 7.11. The molecule has 176 valence electrons. The van der Waals surface area contributed by atoms with Crippen LogP contribution in [-0.2, 0) is 35.9 Å². The van der Waals surface area contributed by atoms with Crippen molar-refractivity contribution < 1.29 is 4.79 Å². The Kier molecular flexibility index (Phi) is 7.14. The minimum atomic E-state index is -0.126. The fourth-order valence-corrected chi connectivity index (χ4v) is 4.69. The van der Waals surface area contributed by atoms with Crippen LogP contribution in [0, 0.1) is 0 Å². The normalized spacial score (nSPS) is 11.6. The predicted octanol–water partition coefficient (Wildman–Crippen LogP) is 5.40. The van der Waals surface area contributed by atoms with E-state index in [0.717, 1.165) is 45.4 Å². The number of nitrogens with two attached hydrogens (primary N) is 1. The van der Waals surface area contributed by atoms with Gasteiger partial charge in [0.1, 0.15) is 16.6 Å². The molecule has 3 heterocycles. The lowest BCUT2D eigenvalue weighted by Gasteiger charge is -2.14. The summed E-state index contributed by atoms with van der Waals surface area (Å²) in [4.78, 5) is 22.7. The van der Waals surface area contributed by atoms with Crippen molar-refractivity contribution in [1.82, 2.24) is 19.7 Å². The Balaban J connectivity index is 1.44. The largest absolute Gasteiger partial charge is 0.384 e. The van der Waals surface area contributed by atoms with Gasteiger partial charge in [0.2, 0.25) is 0 Å². The molecule has 0 atom stereocenters. The van der Waals surface area contributed by atoms with E-state index >= 15 is 0 Å². The van der Waals surface area contributed by atoms with Gasteiger partial charge in [-0.1, -0.05) is 32.4 Å². The summed E-state index contributed by atoms with van der Waals surface area (Å²) in [6.07, 6.45) is 5.90. The van der Waals surface area contributed by atoms with Gasteiger partial charge in [-0.3, -0.25) is 4.79 Å². The average molecular weight is 494 g/mol. The van der Waals surface area contributed by atoms with Crippen LogP contribution in [-0.4, -0.2) is 25.5 Å². The first kappa shape index (κ1) is 24.1. The number of aromatic nitrogens is 4. The van der Waals surface area contributed by atoms with Gasteiger partial charge in [-0.15, -0.1) is 11.3 Å². The lowest BCUT2D eigenvalue weighted by Crippen LogP contribution is -2.13. The minimum Gasteiger partial charge on any atom is -0.384 e. The third-order valence-corrected chi connectivity index (χ3v) is 6.77. The zero-order chi connectivity index (χ0) is 24.3. The van der Waals surface area contributed by atoms with Crippen LogP contribution in [0.15, 0.2) is 54.9 Å². The molecule has 0 saturated heterocycles. The first-order valence-corrected chi connectivity index (χ1v) is 12.4. The molecule has 3 aromatic heterocycles. The molecule has 34 heavy (non-hydrogen) atoms. The second-order valence-electron chi connectivity index (χ2n) is 9.36. The number of benzene rings is 1. The summed E-state index contributed by atoms with van der Waals surface area (Å²) in [6.45, 7) is 6.35. The summed E-state index contributed by atoms with van der Waals surface area (Å²) in [5.74, 6) is 0.638. The van der Waals surface area contributed by atoms with Crippen molar-refractivity contribution in [2.45, 2.75) is 51.9 Å². The van der Waals surface area contributed by atoms with Crippen molar-refractivity contribution in [2.75, 3.05) is 5.73 Å². The predicted molar refractivity (Wildman–Crippen MR) is 138 cm³/mol. The molecular formula is C26H28ClN5OS. The van der Waals surface area contributed by atoms with Crippen molar-refractivity contribution in [3.8, 4) is 5.69 Å². The van der Waals surface area contributed by atoms with Gasteiger partial charge in [0.05, 0.1) is 23.5 Å². The molecule has 0 aliphatic carbocycles. The molecule has 0 saturated carbocycles. The van der Waals surface area contributed by atoms with E-state index in [2.05, 4.69) is 30.7 Å². The SMILES string of the molecule is CC(C)(C)c1cc(CC(=O)Cc2ncc(CCc3ccnc(N)c3)s2)n(-c2ccc(Cl)cc2)n1. The Morgan fingerprint density at radius 1 is 1.06 bits per heavy atom. The molecule has 0 spiro atoms. The van der Waals surface area contributed by atoms with Gasteiger partial charge in [-0.2, -0.15) is 5.10 Å². The van der Waals surface area contributed by atoms with Crippen LogP contribution in [0.5, 0.6) is 0 Å². The maximum atomic E-state index is 13.0. The number of Topliss-reactive ketones (excluding diaryl/α,β-unsaturated/α-hetero) is 1. The number of pyridine rings is 1. The number of thiazole rings is 1. The first-order valence-electron chi connectivity index (χ1n) is 11.2. The Morgan fingerprint density at radius 2 is 1.82 bits per heavy atom. The lowest BCUT2D eigenvalue weighted by molar-refractivity contribution is -0.117. The highest BCUT2D eigenvalue weighted by atomic mass is 35.5. The van der Waals surface area contributed by atoms with E-state index in [4.69, 9.17) is 22.4 Å². The monoisotopic (exact) mass is 493 g/mol. The number of anilines is 1. The van der Waals surface area contributed by atoms with Crippen LogP contribution in [0.25, 0.3) is 5.69 Å². The maximum Gasteiger partial charge on any atom is 0.145 e. The molecule has 1 aromatic carbocycles. The number of nitrogen functional groups attached to an aromatic ring is 1. The fourth-order valence-electron chi connectivity index (χ4n) is 3.61. The Hall–Kier alpha value is -3.03. The molecule has 0 radical (unpaired) electrons. The summed E-state index contributed by atoms with van der Waals surface area (Å²) in [5, 5.41) is 6.30. The second-order valence-corrected chi connectivity index (χ2v) is 11.0. The summed E-state index contributed by atoms with van der Waals surface area (Å²) in [5.41, 5.74) is 9.47. The first-order chi connectivity index (χ1) is 16.2. The van der Waals surface area contributed by atoms with E-state index in [1.54, 1.807) is 17.5 Å². The van der Waals surface area contributed by atoms with E-state index in [9.17, 15) is 4.79 Å². The molecule has 0 amide bonds. The van der Waals surface area contributed by atoms with E-state index in [0.29, 0.717) is 17.3 Å². The lowest BCUT2D eigenvalue weighted by atomic mass is 9.92. The van der Waals surface area contributed by atoms with Crippen molar-refractivity contribution in [3.63, 3.8) is 0 Å². The summed E-state index contributed by atoms with van der Waals surface area (Å²) in [7, 11) is 0. The van der Waals surface area contributed by atoms with Gasteiger partial charge < -0.3 is 5.73 Å². The molecule has 0 unspecified atom stereocenters. The number of carbonyl (C=O) groups excluding carboxylic acids is 1. The third-order valence-electron chi connectivity index (χ3n) is 5.46. The molecule has 0 aliphatic heterocycles. The molecular weight excluding hydrogens is 466 g/mol. The number of aryl methyl sites for hydroxylation is 2. The topological polar surface area (TPSA) is 86.7 Å². The molecule has 0 fully saturated rings. The zero-order valence-corrected chi connectivity index (χ0v) is 21.2. The minimum absolute atomic E-state index is 0.110. The molecule has 0 bridgehead atoms. The van der Waals surface area contributed by atoms with Gasteiger partial charge in [-0.25, -0.2) is 14.6 Å². The van der Waals surface area contributed by atoms with Crippen LogP contribution in [0.2, 0.25) is 5.02 Å². The van der Waals surface area contributed by atoms with Gasteiger partial charge >= 0.3 is 0 Å². The highest BCUT2D eigenvalue weighted by Crippen LogP contribution is 2.25. The fraction of sp³-hybridized carbons (Fsp3) is 0.308. The quantitative estimate of drug-likeness (QED) is 0.355. The van der Waals surface area contributed by atoms with Crippen LogP contribution < -0.4 is 5.73 Å². The second kappa shape index (κ2) is 10.1. The van der Waals surface area contributed by atoms with E-state index in [1.807, 2.05) is 53.3 Å². The molecule has 0 aliphatic rings. The van der Waals surface area contributed by atoms with Crippen molar-refractivity contribution >= 4 is 34.5 Å². The molecule has 6 nitrogen and oxygen atoms in total. The smallest absolute Gasteiger partial charge is 0.145 e. The van der Waals surface area contributed by atoms with Gasteiger partial charge in [0, 0.05) is 34.1 Å². The summed E-state index contributed by atoms with van der Waals surface area (Å²) in [6, 6.07) is 13.4. The van der Waals surface area contributed by atoms with Gasteiger partial charge in [-0.05, 0) is 60.9 Å². The third kappa shape index (κ3) is 6.10. The summed E-state index contributed by atoms with van der Waals surface area (Å²) < 4.78 is 1.85. The average Bonchev–Trinajstić information content (AvgIpc) is 3.40. The van der Waals surface area contributed by atoms with Crippen molar-refractivity contribution in [2.24, 2.45) is 0 Å². The molecule has 8 heteroatoms. The molecule has 4 aromatic rings. The van der Waals surface area contributed by atoms with Crippen molar-refractivity contribution in [3.05, 3.63) is 86.7 Å². The van der Waals surface area contributed by atoms with E-state index in [-0.39, 0.29) is 17.6 Å². The Bertz CT molecular complexity index is 1290.